The molecule has 0 aliphatic carbocycles. The minimum atomic E-state index is -0.449. The Bertz CT molecular complexity index is 729. The van der Waals surface area contributed by atoms with E-state index < -0.39 is 5.91 Å². The maximum Gasteiger partial charge on any atom is 0.266 e. The van der Waals surface area contributed by atoms with Gasteiger partial charge in [-0.1, -0.05) is 28.1 Å². The third-order valence-electron chi connectivity index (χ3n) is 2.89. The summed E-state index contributed by atoms with van der Waals surface area (Å²) in [5, 5.41) is 11.8. The van der Waals surface area contributed by atoms with Crippen molar-refractivity contribution in [1.82, 2.24) is 0 Å². The molecule has 2 rings (SSSR count). The van der Waals surface area contributed by atoms with Crippen LogP contribution in [0.25, 0.3) is 6.08 Å². The zero-order valence-corrected chi connectivity index (χ0v) is 13.4. The first-order valence-electron chi connectivity index (χ1n) is 6.45. The zero-order chi connectivity index (χ0) is 15.9. The largest absolute Gasteiger partial charge is 0.497 e. The smallest absolute Gasteiger partial charge is 0.266 e. The van der Waals surface area contributed by atoms with Crippen LogP contribution in [0.5, 0.6) is 5.75 Å². The van der Waals surface area contributed by atoms with Crippen molar-refractivity contribution in [2.24, 2.45) is 0 Å². The third kappa shape index (κ3) is 4.21. The third-order valence-corrected chi connectivity index (χ3v) is 3.42. The molecule has 1 N–H and O–H groups in total. The number of carbonyl (C=O) groups excluding carboxylic acids is 1. The monoisotopic (exact) mass is 356 g/mol. The highest BCUT2D eigenvalue weighted by molar-refractivity contribution is 9.10. The van der Waals surface area contributed by atoms with Gasteiger partial charge in [0, 0.05) is 10.2 Å². The molecular formula is C17H13BrN2O2. The lowest BCUT2D eigenvalue weighted by molar-refractivity contribution is -0.112. The minimum absolute atomic E-state index is 0.0399. The standard InChI is InChI=1S/C17H13BrN2O2/c1-22-16-8-6-15(7-9-16)20-17(21)13(11-19)10-12-2-4-14(18)5-3-12/h2-10H,1H3,(H,20,21)/b13-10+. The van der Waals surface area contributed by atoms with Gasteiger partial charge in [-0.05, 0) is 48.0 Å². The molecular weight excluding hydrogens is 344 g/mol. The molecule has 5 heteroatoms. The van der Waals surface area contributed by atoms with Crippen molar-refractivity contribution in [3.63, 3.8) is 0 Å². The second kappa shape index (κ2) is 7.43. The van der Waals surface area contributed by atoms with E-state index in [0.29, 0.717) is 11.4 Å². The van der Waals surface area contributed by atoms with Crippen LogP contribution < -0.4 is 10.1 Å². The van der Waals surface area contributed by atoms with Gasteiger partial charge < -0.3 is 10.1 Å². The maximum absolute atomic E-state index is 12.1. The van der Waals surface area contributed by atoms with Gasteiger partial charge in [0.25, 0.3) is 5.91 Å². The Hall–Kier alpha value is -2.58. The molecule has 0 atom stereocenters. The van der Waals surface area contributed by atoms with Crippen LogP contribution >= 0.6 is 15.9 Å². The van der Waals surface area contributed by atoms with E-state index in [1.54, 1.807) is 37.5 Å². The fourth-order valence-corrected chi connectivity index (χ4v) is 2.01. The molecule has 0 fully saturated rings. The first-order valence-corrected chi connectivity index (χ1v) is 7.24. The lowest BCUT2D eigenvalue weighted by Crippen LogP contribution is -2.13. The fourth-order valence-electron chi connectivity index (χ4n) is 1.75. The number of hydrogen-bond acceptors (Lipinski definition) is 3. The lowest BCUT2D eigenvalue weighted by Gasteiger charge is -2.05. The molecule has 4 nitrogen and oxygen atoms in total. The van der Waals surface area contributed by atoms with Gasteiger partial charge in [-0.15, -0.1) is 0 Å². The van der Waals surface area contributed by atoms with Crippen molar-refractivity contribution in [3.05, 3.63) is 64.1 Å². The molecule has 0 unspecified atom stereocenters. The van der Waals surface area contributed by atoms with Gasteiger partial charge >= 0.3 is 0 Å². The normalized spacial score (nSPS) is 10.7. The summed E-state index contributed by atoms with van der Waals surface area (Å²) < 4.78 is 5.99. The number of carbonyl (C=O) groups is 1. The van der Waals surface area contributed by atoms with Crippen LogP contribution in [0.1, 0.15) is 5.56 Å². The highest BCUT2D eigenvalue weighted by Gasteiger charge is 2.09. The van der Waals surface area contributed by atoms with Crippen molar-refractivity contribution in [2.75, 3.05) is 12.4 Å². The molecule has 0 aromatic heterocycles. The summed E-state index contributed by atoms with van der Waals surface area (Å²) in [7, 11) is 1.57. The number of ether oxygens (including phenoxy) is 1. The number of rotatable bonds is 4. The number of anilines is 1. The molecule has 1 amide bonds. The van der Waals surface area contributed by atoms with Gasteiger partial charge in [-0.25, -0.2) is 0 Å². The van der Waals surface area contributed by atoms with Crippen LogP contribution in [0, 0.1) is 11.3 Å². The summed E-state index contributed by atoms with van der Waals surface area (Å²) in [5.41, 5.74) is 1.42. The molecule has 110 valence electrons. The van der Waals surface area contributed by atoms with E-state index in [1.807, 2.05) is 30.3 Å². The van der Waals surface area contributed by atoms with Gasteiger partial charge in [0.15, 0.2) is 0 Å². The minimum Gasteiger partial charge on any atom is -0.497 e. The highest BCUT2D eigenvalue weighted by atomic mass is 79.9. The van der Waals surface area contributed by atoms with Crippen LogP contribution in [0.15, 0.2) is 58.6 Å². The summed E-state index contributed by atoms with van der Waals surface area (Å²) in [6, 6.07) is 16.2. The van der Waals surface area contributed by atoms with Crippen molar-refractivity contribution in [3.8, 4) is 11.8 Å². The molecule has 0 aliphatic rings. The number of amides is 1. The highest BCUT2D eigenvalue weighted by Crippen LogP contribution is 2.17. The van der Waals surface area contributed by atoms with Gasteiger partial charge in [-0.3, -0.25) is 4.79 Å². The Morgan fingerprint density at radius 1 is 1.18 bits per heavy atom. The average Bonchev–Trinajstić information content (AvgIpc) is 2.55. The van der Waals surface area contributed by atoms with Gasteiger partial charge in [0.2, 0.25) is 0 Å². The summed E-state index contributed by atoms with van der Waals surface area (Å²) in [6.07, 6.45) is 1.55. The predicted molar refractivity (Wildman–Crippen MR) is 89.4 cm³/mol. The van der Waals surface area contributed by atoms with Crippen LogP contribution in [-0.2, 0) is 4.79 Å². The van der Waals surface area contributed by atoms with E-state index >= 15 is 0 Å². The van der Waals surface area contributed by atoms with Crippen LogP contribution in [0.3, 0.4) is 0 Å². The second-order valence-electron chi connectivity index (χ2n) is 4.40. The Morgan fingerprint density at radius 3 is 2.36 bits per heavy atom. The Balaban J connectivity index is 2.14. The summed E-state index contributed by atoms with van der Waals surface area (Å²) >= 11 is 3.34. The van der Waals surface area contributed by atoms with Crippen molar-refractivity contribution in [1.29, 1.82) is 5.26 Å². The van der Waals surface area contributed by atoms with E-state index in [2.05, 4.69) is 21.2 Å². The number of benzene rings is 2. The number of nitrogens with zero attached hydrogens (tertiary/aromatic N) is 1. The van der Waals surface area contributed by atoms with E-state index in [-0.39, 0.29) is 5.57 Å². The number of nitriles is 1. The van der Waals surface area contributed by atoms with Gasteiger partial charge in [-0.2, -0.15) is 5.26 Å². The van der Waals surface area contributed by atoms with Crippen LogP contribution in [0.4, 0.5) is 5.69 Å². The molecule has 22 heavy (non-hydrogen) atoms. The molecule has 2 aromatic rings. The van der Waals surface area contributed by atoms with Gasteiger partial charge in [0.05, 0.1) is 7.11 Å². The van der Waals surface area contributed by atoms with E-state index in [1.165, 1.54) is 0 Å². The molecule has 2 aromatic carbocycles. The number of methoxy groups -OCH3 is 1. The molecule has 0 bridgehead atoms. The number of halogens is 1. The van der Waals surface area contributed by atoms with E-state index in [9.17, 15) is 4.79 Å². The quantitative estimate of drug-likeness (QED) is 0.665. The molecule has 0 radical (unpaired) electrons. The second-order valence-corrected chi connectivity index (χ2v) is 5.32. The number of nitrogens with one attached hydrogen (secondary N) is 1. The van der Waals surface area contributed by atoms with E-state index in [0.717, 1.165) is 10.0 Å². The Morgan fingerprint density at radius 2 is 1.82 bits per heavy atom. The topological polar surface area (TPSA) is 62.1 Å². The lowest BCUT2D eigenvalue weighted by atomic mass is 10.1. The van der Waals surface area contributed by atoms with Crippen LogP contribution in [-0.4, -0.2) is 13.0 Å². The number of hydrogen-bond donors (Lipinski definition) is 1. The van der Waals surface area contributed by atoms with Crippen molar-refractivity contribution < 1.29 is 9.53 Å². The first-order chi connectivity index (χ1) is 10.6. The average molecular weight is 357 g/mol. The fraction of sp³-hybridized carbons (Fsp3) is 0.0588. The van der Waals surface area contributed by atoms with Crippen molar-refractivity contribution in [2.45, 2.75) is 0 Å². The van der Waals surface area contributed by atoms with Crippen molar-refractivity contribution >= 4 is 33.6 Å². The summed E-state index contributed by atoms with van der Waals surface area (Å²) in [5.74, 6) is 0.250. The summed E-state index contributed by atoms with van der Waals surface area (Å²) in [4.78, 5) is 12.1. The Kier molecular flexibility index (Phi) is 5.34. The summed E-state index contributed by atoms with van der Waals surface area (Å²) in [6.45, 7) is 0. The molecule has 0 spiro atoms. The molecule has 0 heterocycles. The molecule has 0 aliphatic heterocycles. The molecule has 0 saturated heterocycles. The Labute approximate surface area is 137 Å². The van der Waals surface area contributed by atoms with Gasteiger partial charge in [0.1, 0.15) is 17.4 Å². The van der Waals surface area contributed by atoms with E-state index in [4.69, 9.17) is 10.00 Å². The maximum atomic E-state index is 12.1. The zero-order valence-electron chi connectivity index (χ0n) is 11.8. The molecule has 0 saturated carbocycles. The SMILES string of the molecule is COc1ccc(NC(=O)/C(C#N)=C/c2ccc(Br)cc2)cc1. The predicted octanol–water partition coefficient (Wildman–Crippen LogP) is 4.00. The first kappa shape index (κ1) is 15.8. The van der Waals surface area contributed by atoms with Crippen LogP contribution in [0.2, 0.25) is 0 Å².